The highest BCUT2D eigenvalue weighted by Crippen LogP contribution is 2.33. The Bertz CT molecular complexity index is 1300. The third-order valence-corrected chi connectivity index (χ3v) is 7.28. The van der Waals surface area contributed by atoms with Gasteiger partial charge in [0.15, 0.2) is 5.60 Å². The Kier molecular flexibility index (Phi) is 7.15. The average molecular weight is 546 g/mol. The molecule has 1 fully saturated rings. The quantitative estimate of drug-likeness (QED) is 0.286. The number of nitrogens with zero attached hydrogens (tertiary/aromatic N) is 5. The molecule has 12 heteroatoms. The molecule has 0 radical (unpaired) electrons. The smallest absolute Gasteiger partial charge is 0.416 e. The maximum absolute atomic E-state index is 13.0. The van der Waals surface area contributed by atoms with Crippen LogP contribution in [0.2, 0.25) is 0 Å². The van der Waals surface area contributed by atoms with Gasteiger partial charge in [-0.3, -0.25) is 9.47 Å². The Hall–Kier alpha value is -3.80. The van der Waals surface area contributed by atoms with Gasteiger partial charge < -0.3 is 24.5 Å². The number of halogens is 3. The normalized spacial score (nSPS) is 19.7. The van der Waals surface area contributed by atoms with Crippen molar-refractivity contribution in [1.29, 1.82) is 0 Å². The van der Waals surface area contributed by atoms with Crippen molar-refractivity contribution in [2.45, 2.75) is 50.7 Å². The van der Waals surface area contributed by atoms with Gasteiger partial charge in [0.25, 0.3) is 0 Å². The van der Waals surface area contributed by atoms with Gasteiger partial charge in [-0.2, -0.15) is 13.2 Å². The standard InChI is InChI=1S/C27H30F3N5O4/c1-26(17-34-16-24(35(36)37)31-25(34)39-26)18-38-23-8-6-22(7-9-23)33-12-10-21(11-13-33)32(2)15-19-4-3-5-20(14-19)27(28,29)30/h3-9,14,16,21H,10-13,15,17-18H2,1-2H3/t26-/m1/s1. The number of hydrogen-bond donors (Lipinski definition) is 0. The van der Waals surface area contributed by atoms with Crippen LogP contribution in [0.25, 0.3) is 0 Å². The third kappa shape index (κ3) is 6.11. The first-order chi connectivity index (χ1) is 18.5. The summed E-state index contributed by atoms with van der Waals surface area (Å²) in [5, 5.41) is 10.9. The zero-order chi connectivity index (χ0) is 27.8. The summed E-state index contributed by atoms with van der Waals surface area (Å²) in [4.78, 5) is 18.7. The fraction of sp³-hybridized carbons (Fsp3) is 0.444. The van der Waals surface area contributed by atoms with Gasteiger partial charge in [0.1, 0.15) is 18.6 Å². The number of aromatic nitrogens is 2. The van der Waals surface area contributed by atoms with Crippen LogP contribution in [0.1, 0.15) is 30.9 Å². The summed E-state index contributed by atoms with van der Waals surface area (Å²) in [5.74, 6) is 0.449. The highest BCUT2D eigenvalue weighted by molar-refractivity contribution is 5.49. The highest BCUT2D eigenvalue weighted by atomic mass is 19.4. The maximum Gasteiger partial charge on any atom is 0.416 e. The predicted octanol–water partition coefficient (Wildman–Crippen LogP) is 5.14. The largest absolute Gasteiger partial charge is 0.489 e. The molecule has 3 aromatic rings. The van der Waals surface area contributed by atoms with Crippen LogP contribution in [-0.2, 0) is 19.3 Å². The summed E-state index contributed by atoms with van der Waals surface area (Å²) >= 11 is 0. The fourth-order valence-corrected chi connectivity index (χ4v) is 5.17. The van der Waals surface area contributed by atoms with Gasteiger partial charge in [-0.15, -0.1) is 0 Å². The van der Waals surface area contributed by atoms with E-state index in [0.717, 1.165) is 37.7 Å². The number of benzene rings is 2. The van der Waals surface area contributed by atoms with Crippen LogP contribution in [-0.4, -0.2) is 57.8 Å². The minimum atomic E-state index is -4.34. The van der Waals surface area contributed by atoms with Crippen LogP contribution in [0.4, 0.5) is 24.7 Å². The van der Waals surface area contributed by atoms with E-state index in [1.165, 1.54) is 18.3 Å². The molecule has 2 aliphatic rings. The Morgan fingerprint density at radius 3 is 2.56 bits per heavy atom. The number of fused-ring (bicyclic) bond motifs is 1. The van der Waals surface area contributed by atoms with E-state index in [2.05, 4.69) is 14.8 Å². The second-order valence-electron chi connectivity index (χ2n) is 10.4. The first kappa shape index (κ1) is 26.8. The van der Waals surface area contributed by atoms with Crippen LogP contribution in [0.3, 0.4) is 0 Å². The van der Waals surface area contributed by atoms with Crippen molar-refractivity contribution in [3.05, 3.63) is 76.0 Å². The predicted molar refractivity (Wildman–Crippen MR) is 138 cm³/mol. The fourth-order valence-electron chi connectivity index (χ4n) is 5.17. The van der Waals surface area contributed by atoms with E-state index >= 15 is 0 Å². The number of piperidine rings is 1. The molecule has 0 spiro atoms. The maximum atomic E-state index is 13.0. The first-order valence-corrected chi connectivity index (χ1v) is 12.7. The van der Waals surface area contributed by atoms with E-state index in [1.54, 1.807) is 10.6 Å². The molecular formula is C27H30F3N5O4. The van der Waals surface area contributed by atoms with Gasteiger partial charge in [-0.1, -0.05) is 18.2 Å². The lowest BCUT2D eigenvalue weighted by Crippen LogP contribution is -2.43. The van der Waals surface area contributed by atoms with Gasteiger partial charge in [0.2, 0.25) is 0 Å². The van der Waals surface area contributed by atoms with Crippen LogP contribution in [0.15, 0.2) is 54.7 Å². The molecule has 2 aliphatic heterocycles. The minimum absolute atomic E-state index is 0.215. The van der Waals surface area contributed by atoms with E-state index in [9.17, 15) is 23.3 Å². The van der Waals surface area contributed by atoms with Crippen molar-refractivity contribution < 1.29 is 27.6 Å². The summed E-state index contributed by atoms with van der Waals surface area (Å²) in [6, 6.07) is 13.9. The van der Waals surface area contributed by atoms with Crippen molar-refractivity contribution >= 4 is 11.5 Å². The van der Waals surface area contributed by atoms with Crippen LogP contribution >= 0.6 is 0 Å². The van der Waals surface area contributed by atoms with Gasteiger partial charge in [0.05, 0.1) is 12.1 Å². The van der Waals surface area contributed by atoms with E-state index < -0.39 is 22.3 Å². The van der Waals surface area contributed by atoms with Gasteiger partial charge in [-0.25, -0.2) is 0 Å². The molecule has 0 aliphatic carbocycles. The number of hydrogen-bond acceptors (Lipinski definition) is 7. The van der Waals surface area contributed by atoms with Crippen molar-refractivity contribution in [2.24, 2.45) is 0 Å². The van der Waals surface area contributed by atoms with Crippen molar-refractivity contribution in [2.75, 3.05) is 31.6 Å². The van der Waals surface area contributed by atoms with Gasteiger partial charge in [0, 0.05) is 36.3 Å². The molecule has 0 saturated carbocycles. The molecular weight excluding hydrogens is 515 g/mol. The SMILES string of the molecule is CN(Cc1cccc(C(F)(F)F)c1)C1CCN(c2ccc(OC[C@@]3(C)Cn4cc([N+](=O)[O-])nc4O3)cc2)CC1. The minimum Gasteiger partial charge on any atom is -0.489 e. The molecule has 2 aromatic carbocycles. The van der Waals surface area contributed by atoms with E-state index in [-0.39, 0.29) is 18.4 Å². The van der Waals surface area contributed by atoms with E-state index in [0.29, 0.717) is 30.4 Å². The molecule has 0 N–H and O–H groups in total. The summed E-state index contributed by atoms with van der Waals surface area (Å²) in [7, 11) is 1.97. The lowest BCUT2D eigenvalue weighted by atomic mass is 10.0. The Labute approximate surface area is 223 Å². The van der Waals surface area contributed by atoms with Crippen molar-refractivity contribution in [3.63, 3.8) is 0 Å². The topological polar surface area (TPSA) is 85.9 Å². The number of anilines is 1. The highest BCUT2D eigenvalue weighted by Gasteiger charge is 2.41. The summed E-state index contributed by atoms with van der Waals surface area (Å²) in [6.45, 7) is 4.70. The number of nitro groups is 1. The number of rotatable bonds is 8. The van der Waals surface area contributed by atoms with Crippen LogP contribution < -0.4 is 14.4 Å². The molecule has 0 bridgehead atoms. The van der Waals surface area contributed by atoms with Crippen LogP contribution in [0, 0.1) is 10.1 Å². The van der Waals surface area contributed by atoms with Gasteiger partial charge >= 0.3 is 18.0 Å². The number of alkyl halides is 3. The Balaban J connectivity index is 1.09. The summed E-state index contributed by atoms with van der Waals surface area (Å²) in [6.07, 6.45) is -1.15. The second-order valence-corrected chi connectivity index (χ2v) is 10.4. The Morgan fingerprint density at radius 1 is 1.21 bits per heavy atom. The molecule has 208 valence electrons. The number of imidazole rings is 1. The summed E-state index contributed by atoms with van der Waals surface area (Å²) < 4.78 is 52.5. The lowest BCUT2D eigenvalue weighted by molar-refractivity contribution is -0.389. The number of ether oxygens (including phenoxy) is 2. The molecule has 0 unspecified atom stereocenters. The molecule has 39 heavy (non-hydrogen) atoms. The third-order valence-electron chi connectivity index (χ3n) is 7.28. The van der Waals surface area contributed by atoms with Gasteiger partial charge in [-0.05, 0) is 67.6 Å². The first-order valence-electron chi connectivity index (χ1n) is 12.7. The molecule has 1 saturated heterocycles. The molecule has 9 nitrogen and oxygen atoms in total. The van der Waals surface area contributed by atoms with Crippen molar-refractivity contribution in [3.8, 4) is 11.8 Å². The zero-order valence-corrected chi connectivity index (χ0v) is 21.7. The summed E-state index contributed by atoms with van der Waals surface area (Å²) in [5.41, 5.74) is 0.446. The monoisotopic (exact) mass is 545 g/mol. The average Bonchev–Trinajstić information content (AvgIpc) is 3.43. The van der Waals surface area contributed by atoms with E-state index in [1.807, 2.05) is 38.2 Å². The zero-order valence-electron chi connectivity index (χ0n) is 21.7. The lowest BCUT2D eigenvalue weighted by Gasteiger charge is -2.38. The van der Waals surface area contributed by atoms with Crippen LogP contribution in [0.5, 0.6) is 11.8 Å². The molecule has 5 rings (SSSR count). The molecule has 1 atom stereocenters. The molecule has 3 heterocycles. The molecule has 1 aromatic heterocycles. The van der Waals surface area contributed by atoms with E-state index in [4.69, 9.17) is 9.47 Å². The second kappa shape index (κ2) is 10.4. The molecule has 0 amide bonds. The Morgan fingerprint density at radius 2 is 1.92 bits per heavy atom. The van der Waals surface area contributed by atoms with Crippen molar-refractivity contribution in [1.82, 2.24) is 14.5 Å².